The zero-order chi connectivity index (χ0) is 14.8. The van der Waals surface area contributed by atoms with E-state index in [1.54, 1.807) is 26.0 Å². The number of esters is 1. The van der Waals surface area contributed by atoms with Gasteiger partial charge in [0.05, 0.1) is 0 Å². The highest BCUT2D eigenvalue weighted by Gasteiger charge is 2.34. The second-order valence-corrected chi connectivity index (χ2v) is 8.27. The van der Waals surface area contributed by atoms with Gasteiger partial charge in [-0.3, -0.25) is 4.79 Å². The molecule has 0 bridgehead atoms. The topological polar surface area (TPSA) is 26.3 Å². The Balaban J connectivity index is 2.90. The van der Waals surface area contributed by atoms with Crippen LogP contribution in [0.3, 0.4) is 0 Å². The molecule has 0 saturated heterocycles. The number of carbonyl (C=O) groups is 1. The van der Waals surface area contributed by atoms with E-state index >= 15 is 0 Å². The highest BCUT2D eigenvalue weighted by molar-refractivity contribution is 9.10. The third-order valence-corrected chi connectivity index (χ3v) is 3.85. The summed E-state index contributed by atoms with van der Waals surface area (Å²) < 4.78 is 19.0. The number of hydrogen-bond acceptors (Lipinski definition) is 3. The fourth-order valence-corrected chi connectivity index (χ4v) is 2.81. The lowest BCUT2D eigenvalue weighted by molar-refractivity contribution is -0.156. The molecule has 1 aromatic rings. The molecular weight excluding hydrogens is 331 g/mol. The molecule has 19 heavy (non-hydrogen) atoms. The first kappa shape index (κ1) is 16.5. The Morgan fingerprint density at radius 2 is 1.84 bits per heavy atom. The number of ether oxygens (including phenoxy) is 1. The predicted molar refractivity (Wildman–Crippen MR) is 79.9 cm³/mol. The number of hydrogen-bond donors (Lipinski definition) is 0. The molecule has 0 fully saturated rings. The van der Waals surface area contributed by atoms with Gasteiger partial charge in [-0.15, -0.1) is 11.8 Å². The van der Waals surface area contributed by atoms with Gasteiger partial charge < -0.3 is 4.74 Å². The van der Waals surface area contributed by atoms with Crippen LogP contribution < -0.4 is 0 Å². The van der Waals surface area contributed by atoms with Gasteiger partial charge in [0.15, 0.2) is 0 Å². The van der Waals surface area contributed by atoms with Gasteiger partial charge in [-0.05, 0) is 52.8 Å². The van der Waals surface area contributed by atoms with E-state index in [9.17, 15) is 9.18 Å². The van der Waals surface area contributed by atoms with E-state index in [4.69, 9.17) is 4.74 Å². The van der Waals surface area contributed by atoms with Crippen LogP contribution >= 0.6 is 27.7 Å². The minimum absolute atomic E-state index is 0.343. The molecule has 0 unspecified atom stereocenters. The summed E-state index contributed by atoms with van der Waals surface area (Å²) in [5.41, 5.74) is -0.551. The van der Waals surface area contributed by atoms with E-state index in [0.29, 0.717) is 4.90 Å². The second kappa shape index (κ2) is 5.83. The van der Waals surface area contributed by atoms with Gasteiger partial charge in [-0.2, -0.15) is 0 Å². The molecule has 0 amide bonds. The van der Waals surface area contributed by atoms with Crippen molar-refractivity contribution in [2.24, 2.45) is 0 Å². The highest BCUT2D eigenvalue weighted by Crippen LogP contribution is 2.37. The zero-order valence-corrected chi connectivity index (χ0v) is 14.1. The smallest absolute Gasteiger partial charge is 0.322 e. The molecule has 5 heteroatoms. The van der Waals surface area contributed by atoms with Gasteiger partial charge in [-0.1, -0.05) is 15.9 Å². The number of rotatable bonds is 3. The molecule has 0 atom stereocenters. The maximum Gasteiger partial charge on any atom is 0.322 e. The minimum Gasteiger partial charge on any atom is -0.459 e. The molecular formula is C14H18BrFO2S. The standard InChI is InChI=1S/C14H18BrFO2S/c1-13(2,3)18-12(17)14(4,5)19-11-8-9(15)6-7-10(11)16/h6-8H,1-5H3. The van der Waals surface area contributed by atoms with E-state index in [0.717, 1.165) is 16.2 Å². The Bertz CT molecular complexity index is 481. The van der Waals surface area contributed by atoms with Crippen molar-refractivity contribution in [3.8, 4) is 0 Å². The third-order valence-electron chi connectivity index (χ3n) is 2.15. The molecule has 0 heterocycles. The van der Waals surface area contributed by atoms with Gasteiger partial charge in [0, 0.05) is 9.37 Å². The van der Waals surface area contributed by atoms with Gasteiger partial charge in [0.25, 0.3) is 0 Å². The lowest BCUT2D eigenvalue weighted by Gasteiger charge is -2.28. The average molecular weight is 349 g/mol. The first-order valence-corrected chi connectivity index (χ1v) is 7.50. The van der Waals surface area contributed by atoms with Crippen molar-refractivity contribution in [3.05, 3.63) is 28.5 Å². The number of benzene rings is 1. The fraction of sp³-hybridized carbons (Fsp3) is 0.500. The van der Waals surface area contributed by atoms with Crippen molar-refractivity contribution in [1.29, 1.82) is 0 Å². The Kier molecular flexibility index (Phi) is 5.07. The van der Waals surface area contributed by atoms with Crippen LogP contribution in [0.1, 0.15) is 34.6 Å². The minimum atomic E-state index is -0.852. The van der Waals surface area contributed by atoms with E-state index in [1.165, 1.54) is 6.07 Å². The summed E-state index contributed by atoms with van der Waals surface area (Å²) in [7, 11) is 0. The van der Waals surface area contributed by atoms with Gasteiger partial charge in [0.1, 0.15) is 16.2 Å². The fourth-order valence-electron chi connectivity index (χ4n) is 1.27. The molecule has 0 spiro atoms. The number of halogens is 2. The Morgan fingerprint density at radius 3 is 2.37 bits per heavy atom. The Labute approximate surface area is 126 Å². The molecule has 2 nitrogen and oxygen atoms in total. The largest absolute Gasteiger partial charge is 0.459 e. The maximum atomic E-state index is 13.7. The summed E-state index contributed by atoms with van der Waals surface area (Å²) in [6.45, 7) is 8.89. The highest BCUT2D eigenvalue weighted by atomic mass is 79.9. The lowest BCUT2D eigenvalue weighted by Crippen LogP contribution is -2.36. The zero-order valence-electron chi connectivity index (χ0n) is 11.7. The number of thioether (sulfide) groups is 1. The molecule has 0 aliphatic rings. The first-order chi connectivity index (χ1) is 8.51. The molecule has 0 radical (unpaired) electrons. The summed E-state index contributed by atoms with van der Waals surface area (Å²) >= 11 is 4.45. The van der Waals surface area contributed by atoms with Crippen molar-refractivity contribution >= 4 is 33.7 Å². The third kappa shape index (κ3) is 5.15. The average Bonchev–Trinajstić information content (AvgIpc) is 2.20. The molecule has 106 valence electrons. The molecule has 0 aliphatic heterocycles. The van der Waals surface area contributed by atoms with Crippen molar-refractivity contribution in [1.82, 2.24) is 0 Å². The van der Waals surface area contributed by atoms with Crippen LogP contribution in [0.25, 0.3) is 0 Å². The molecule has 1 rings (SSSR count). The van der Waals surface area contributed by atoms with E-state index in [-0.39, 0.29) is 11.8 Å². The molecule has 0 N–H and O–H groups in total. The molecule has 1 aromatic carbocycles. The van der Waals surface area contributed by atoms with Crippen molar-refractivity contribution in [3.63, 3.8) is 0 Å². The molecule has 0 aliphatic carbocycles. The molecule has 0 aromatic heterocycles. The van der Waals surface area contributed by atoms with E-state index in [1.807, 2.05) is 20.8 Å². The van der Waals surface area contributed by atoms with Gasteiger partial charge in [0.2, 0.25) is 0 Å². The van der Waals surface area contributed by atoms with Crippen LogP contribution in [0, 0.1) is 5.82 Å². The monoisotopic (exact) mass is 348 g/mol. The van der Waals surface area contributed by atoms with Crippen LogP contribution in [-0.4, -0.2) is 16.3 Å². The Morgan fingerprint density at radius 1 is 1.26 bits per heavy atom. The summed E-state index contributed by atoms with van der Waals surface area (Å²) in [6.07, 6.45) is 0. The summed E-state index contributed by atoms with van der Waals surface area (Å²) in [6, 6.07) is 4.66. The normalized spacial score (nSPS) is 12.4. The van der Waals surface area contributed by atoms with Crippen LogP contribution in [0.15, 0.2) is 27.6 Å². The summed E-state index contributed by atoms with van der Waals surface area (Å²) in [5.74, 6) is -0.700. The van der Waals surface area contributed by atoms with Crippen LogP contribution in [0.5, 0.6) is 0 Å². The van der Waals surface area contributed by atoms with Gasteiger partial charge >= 0.3 is 5.97 Å². The SMILES string of the molecule is CC(C)(C)OC(=O)C(C)(C)Sc1cc(Br)ccc1F. The number of carbonyl (C=O) groups excluding carboxylic acids is 1. The quantitative estimate of drug-likeness (QED) is 0.579. The summed E-state index contributed by atoms with van der Waals surface area (Å²) in [4.78, 5) is 12.5. The first-order valence-electron chi connectivity index (χ1n) is 5.89. The van der Waals surface area contributed by atoms with Crippen LogP contribution in [-0.2, 0) is 9.53 Å². The van der Waals surface area contributed by atoms with Crippen LogP contribution in [0.4, 0.5) is 4.39 Å². The Hall–Kier alpha value is -0.550. The molecule has 0 saturated carbocycles. The maximum absolute atomic E-state index is 13.7. The van der Waals surface area contributed by atoms with Crippen molar-refractivity contribution < 1.29 is 13.9 Å². The van der Waals surface area contributed by atoms with Gasteiger partial charge in [-0.25, -0.2) is 4.39 Å². The van der Waals surface area contributed by atoms with Crippen molar-refractivity contribution in [2.75, 3.05) is 0 Å². The lowest BCUT2D eigenvalue weighted by atomic mass is 10.1. The second-order valence-electron chi connectivity index (χ2n) is 5.69. The van der Waals surface area contributed by atoms with Crippen molar-refractivity contribution in [2.45, 2.75) is 49.9 Å². The predicted octanol–water partition coefficient (Wildman–Crippen LogP) is 4.80. The van der Waals surface area contributed by atoms with Crippen LogP contribution in [0.2, 0.25) is 0 Å². The van der Waals surface area contributed by atoms with E-state index < -0.39 is 10.3 Å². The summed E-state index contributed by atoms with van der Waals surface area (Å²) in [5, 5.41) is 0. The van der Waals surface area contributed by atoms with E-state index in [2.05, 4.69) is 15.9 Å².